The summed E-state index contributed by atoms with van der Waals surface area (Å²) in [6, 6.07) is 6.38. The summed E-state index contributed by atoms with van der Waals surface area (Å²) in [5.41, 5.74) is 1.43. The van der Waals surface area contributed by atoms with Crippen LogP contribution in [-0.4, -0.2) is 17.5 Å². The number of thiophene rings is 1. The fraction of sp³-hybridized carbons (Fsp3) is 0.133. The number of carbonyl (C=O) groups excluding carboxylic acids is 3. The smallest absolute Gasteiger partial charge is 0.243 e. The number of ketones is 2. The molecular weight excluding hydrogens is 310 g/mol. The molecule has 2 aromatic rings. The zero-order valence-corrected chi connectivity index (χ0v) is 12.5. The SMILES string of the molecule is Cc1ccsc1C(=O)C1C(=O)Nc2cc(Cl)ccc2C1=O. The minimum absolute atomic E-state index is 0.312. The number of aryl methyl sites for hydroxylation is 1. The number of hydrogen-bond acceptors (Lipinski definition) is 4. The van der Waals surface area contributed by atoms with Gasteiger partial charge in [-0.2, -0.15) is 0 Å². The van der Waals surface area contributed by atoms with E-state index in [9.17, 15) is 14.4 Å². The van der Waals surface area contributed by atoms with Crippen LogP contribution in [0.1, 0.15) is 25.6 Å². The molecule has 6 heteroatoms. The summed E-state index contributed by atoms with van der Waals surface area (Å²) in [5, 5.41) is 4.77. The summed E-state index contributed by atoms with van der Waals surface area (Å²) in [6.45, 7) is 1.78. The molecule has 1 atom stereocenters. The van der Waals surface area contributed by atoms with Gasteiger partial charge >= 0.3 is 0 Å². The van der Waals surface area contributed by atoms with Gasteiger partial charge in [0.2, 0.25) is 5.91 Å². The quantitative estimate of drug-likeness (QED) is 0.682. The molecule has 0 aliphatic carbocycles. The molecule has 3 rings (SSSR count). The number of carbonyl (C=O) groups is 3. The monoisotopic (exact) mass is 319 g/mol. The van der Waals surface area contributed by atoms with Crippen molar-refractivity contribution in [2.75, 3.05) is 5.32 Å². The van der Waals surface area contributed by atoms with E-state index in [1.807, 2.05) is 0 Å². The summed E-state index contributed by atoms with van der Waals surface area (Å²) in [5.74, 6) is -2.86. The number of fused-ring (bicyclic) bond motifs is 1. The molecule has 1 unspecified atom stereocenters. The molecule has 1 aliphatic rings. The molecule has 0 fully saturated rings. The predicted molar refractivity (Wildman–Crippen MR) is 81.3 cm³/mol. The molecule has 106 valence electrons. The van der Waals surface area contributed by atoms with E-state index in [-0.39, 0.29) is 0 Å². The summed E-state index contributed by atoms with van der Waals surface area (Å²) >= 11 is 7.08. The van der Waals surface area contributed by atoms with Crippen molar-refractivity contribution in [1.29, 1.82) is 0 Å². The average Bonchev–Trinajstić information content (AvgIpc) is 2.84. The Morgan fingerprint density at radius 1 is 1.29 bits per heavy atom. The van der Waals surface area contributed by atoms with Gasteiger partial charge in [0, 0.05) is 10.6 Å². The molecule has 1 aromatic carbocycles. The second-order valence-electron chi connectivity index (χ2n) is 4.77. The van der Waals surface area contributed by atoms with Crippen LogP contribution in [0.5, 0.6) is 0 Å². The first-order valence-electron chi connectivity index (χ1n) is 6.22. The lowest BCUT2D eigenvalue weighted by molar-refractivity contribution is -0.117. The molecule has 0 bridgehead atoms. The summed E-state index contributed by atoms with van der Waals surface area (Å²) in [6.07, 6.45) is 0. The molecule has 0 saturated carbocycles. The van der Waals surface area contributed by atoms with E-state index >= 15 is 0 Å². The third-order valence-electron chi connectivity index (χ3n) is 3.38. The largest absolute Gasteiger partial charge is 0.324 e. The number of benzene rings is 1. The number of nitrogens with one attached hydrogen (secondary N) is 1. The standard InChI is InChI=1S/C15H10ClNO3S/c1-7-4-5-21-14(7)13(19)11-12(18)9-3-2-8(16)6-10(9)17-15(11)20/h2-6,11H,1H3,(H,17,20). The maximum absolute atomic E-state index is 12.5. The molecule has 1 aliphatic heterocycles. The molecular formula is C15H10ClNO3S. The lowest BCUT2D eigenvalue weighted by atomic mass is 9.87. The highest BCUT2D eigenvalue weighted by molar-refractivity contribution is 7.12. The van der Waals surface area contributed by atoms with Gasteiger partial charge in [0.1, 0.15) is 0 Å². The Kier molecular flexibility index (Phi) is 3.39. The summed E-state index contributed by atoms with van der Waals surface area (Å²) in [4.78, 5) is 37.5. The van der Waals surface area contributed by atoms with Crippen molar-refractivity contribution in [3.8, 4) is 0 Å². The number of halogens is 1. The highest BCUT2D eigenvalue weighted by Gasteiger charge is 2.40. The number of hydrogen-bond donors (Lipinski definition) is 1. The van der Waals surface area contributed by atoms with Gasteiger partial charge in [0.25, 0.3) is 0 Å². The fourth-order valence-electron chi connectivity index (χ4n) is 2.31. The molecule has 1 N–H and O–H groups in total. The lowest BCUT2D eigenvalue weighted by Crippen LogP contribution is -2.40. The molecule has 0 saturated heterocycles. The topological polar surface area (TPSA) is 63.2 Å². The van der Waals surface area contributed by atoms with E-state index < -0.39 is 23.4 Å². The van der Waals surface area contributed by atoms with Gasteiger partial charge in [0.05, 0.1) is 10.6 Å². The maximum Gasteiger partial charge on any atom is 0.243 e. The first-order chi connectivity index (χ1) is 9.99. The summed E-state index contributed by atoms with van der Waals surface area (Å²) in [7, 11) is 0. The Bertz CT molecular complexity index is 781. The molecule has 1 aromatic heterocycles. The van der Waals surface area contributed by atoms with Crippen molar-refractivity contribution in [3.05, 3.63) is 50.7 Å². The van der Waals surface area contributed by atoms with Crippen LogP contribution in [0.2, 0.25) is 5.02 Å². The number of Topliss-reactive ketones (excluding diaryl/α,β-unsaturated/α-hetero) is 2. The van der Waals surface area contributed by atoms with Gasteiger partial charge in [-0.1, -0.05) is 11.6 Å². The van der Waals surface area contributed by atoms with Crippen molar-refractivity contribution < 1.29 is 14.4 Å². The normalized spacial score (nSPS) is 17.3. The van der Waals surface area contributed by atoms with E-state index in [1.165, 1.54) is 23.5 Å². The Morgan fingerprint density at radius 2 is 2.05 bits per heavy atom. The first kappa shape index (κ1) is 14.0. The lowest BCUT2D eigenvalue weighted by Gasteiger charge is -2.22. The average molecular weight is 320 g/mol. The highest BCUT2D eigenvalue weighted by Crippen LogP contribution is 2.31. The van der Waals surface area contributed by atoms with Crippen molar-refractivity contribution in [2.24, 2.45) is 5.92 Å². The number of anilines is 1. The number of amides is 1. The predicted octanol–water partition coefficient (Wildman–Crippen LogP) is 3.34. The highest BCUT2D eigenvalue weighted by atomic mass is 35.5. The molecule has 4 nitrogen and oxygen atoms in total. The zero-order chi connectivity index (χ0) is 15.1. The van der Waals surface area contributed by atoms with Gasteiger partial charge in [0.15, 0.2) is 17.5 Å². The molecule has 2 heterocycles. The van der Waals surface area contributed by atoms with Crippen molar-refractivity contribution in [3.63, 3.8) is 0 Å². The van der Waals surface area contributed by atoms with Crippen molar-refractivity contribution >= 4 is 46.1 Å². The minimum atomic E-state index is -1.32. The molecule has 1 amide bonds. The van der Waals surface area contributed by atoms with Gasteiger partial charge in [-0.25, -0.2) is 0 Å². The molecule has 0 spiro atoms. The van der Waals surface area contributed by atoms with Gasteiger partial charge in [-0.15, -0.1) is 11.3 Å². The van der Waals surface area contributed by atoms with Gasteiger partial charge in [-0.3, -0.25) is 14.4 Å². The van der Waals surface area contributed by atoms with Crippen LogP contribution in [0.3, 0.4) is 0 Å². The Balaban J connectivity index is 2.03. The van der Waals surface area contributed by atoms with Crippen LogP contribution in [-0.2, 0) is 4.79 Å². The van der Waals surface area contributed by atoms with Crippen LogP contribution in [0, 0.1) is 12.8 Å². The molecule has 0 radical (unpaired) electrons. The summed E-state index contributed by atoms with van der Waals surface area (Å²) < 4.78 is 0. The van der Waals surface area contributed by atoms with Crippen LogP contribution in [0.15, 0.2) is 29.6 Å². The fourth-order valence-corrected chi connectivity index (χ4v) is 3.38. The Morgan fingerprint density at radius 3 is 2.71 bits per heavy atom. The second kappa shape index (κ2) is 5.09. The van der Waals surface area contributed by atoms with E-state index in [1.54, 1.807) is 24.4 Å². The van der Waals surface area contributed by atoms with E-state index in [0.717, 1.165) is 5.56 Å². The van der Waals surface area contributed by atoms with Crippen LogP contribution in [0.25, 0.3) is 0 Å². The third-order valence-corrected chi connectivity index (χ3v) is 4.64. The zero-order valence-electron chi connectivity index (χ0n) is 11.0. The van der Waals surface area contributed by atoms with Crippen LogP contribution < -0.4 is 5.32 Å². The van der Waals surface area contributed by atoms with Crippen LogP contribution in [0.4, 0.5) is 5.69 Å². The number of rotatable bonds is 2. The van der Waals surface area contributed by atoms with Gasteiger partial charge in [-0.05, 0) is 42.1 Å². The van der Waals surface area contributed by atoms with E-state index in [4.69, 9.17) is 11.6 Å². The maximum atomic E-state index is 12.5. The first-order valence-corrected chi connectivity index (χ1v) is 7.47. The van der Waals surface area contributed by atoms with Gasteiger partial charge < -0.3 is 5.32 Å². The Hall–Kier alpha value is -1.98. The molecule has 21 heavy (non-hydrogen) atoms. The van der Waals surface area contributed by atoms with Crippen molar-refractivity contribution in [1.82, 2.24) is 0 Å². The minimum Gasteiger partial charge on any atom is -0.324 e. The van der Waals surface area contributed by atoms with Crippen LogP contribution >= 0.6 is 22.9 Å². The third kappa shape index (κ3) is 2.28. The Labute approximate surface area is 129 Å². The second-order valence-corrected chi connectivity index (χ2v) is 6.13. The van der Waals surface area contributed by atoms with E-state index in [2.05, 4.69) is 5.32 Å². The van der Waals surface area contributed by atoms with E-state index in [0.29, 0.717) is 21.2 Å². The van der Waals surface area contributed by atoms with Crippen molar-refractivity contribution in [2.45, 2.75) is 6.92 Å².